The fraction of sp³-hybridized carbons (Fsp3) is 0.417. The third-order valence-corrected chi connectivity index (χ3v) is 3.72. The Bertz CT molecular complexity index is 473. The number of amides is 1. The molecule has 1 saturated heterocycles. The van der Waals surface area contributed by atoms with Gasteiger partial charge in [0, 0.05) is 17.6 Å². The molecule has 0 aliphatic carbocycles. The predicted molar refractivity (Wildman–Crippen MR) is 69.7 cm³/mol. The highest BCUT2D eigenvalue weighted by atomic mass is 79.9. The van der Waals surface area contributed by atoms with E-state index in [1.807, 2.05) is 0 Å². The molecule has 0 spiro atoms. The Hall–Kier alpha value is -1.14. The summed E-state index contributed by atoms with van der Waals surface area (Å²) in [6.07, 6.45) is 0.802. The van der Waals surface area contributed by atoms with Crippen LogP contribution in [0.25, 0.3) is 0 Å². The monoisotopic (exact) mass is 316 g/mol. The van der Waals surface area contributed by atoms with Crippen LogP contribution in [0.1, 0.15) is 23.2 Å². The zero-order chi connectivity index (χ0) is 13.3. The van der Waals surface area contributed by atoms with Gasteiger partial charge in [-0.15, -0.1) is 0 Å². The first-order valence-electron chi connectivity index (χ1n) is 5.71. The summed E-state index contributed by atoms with van der Waals surface area (Å²) in [4.78, 5) is 13.9. The second-order valence-corrected chi connectivity index (χ2v) is 5.23. The first-order valence-corrected chi connectivity index (χ1v) is 6.50. The van der Waals surface area contributed by atoms with Crippen molar-refractivity contribution in [2.45, 2.75) is 18.9 Å². The van der Waals surface area contributed by atoms with E-state index in [-0.39, 0.29) is 17.7 Å². The number of hydrogen-bond donors (Lipinski definition) is 2. The van der Waals surface area contributed by atoms with Crippen LogP contribution in [0.4, 0.5) is 10.1 Å². The maximum atomic E-state index is 13.2. The van der Waals surface area contributed by atoms with Gasteiger partial charge in [-0.2, -0.15) is 0 Å². The van der Waals surface area contributed by atoms with Gasteiger partial charge >= 0.3 is 0 Å². The lowest BCUT2D eigenvalue weighted by Crippen LogP contribution is -2.40. The van der Waals surface area contributed by atoms with Crippen molar-refractivity contribution in [1.29, 1.82) is 0 Å². The summed E-state index contributed by atoms with van der Waals surface area (Å²) in [5, 5.41) is 9.40. The van der Waals surface area contributed by atoms with Crippen LogP contribution < -0.4 is 5.73 Å². The fourth-order valence-electron chi connectivity index (χ4n) is 1.97. The van der Waals surface area contributed by atoms with E-state index in [0.29, 0.717) is 36.0 Å². The molecule has 1 fully saturated rings. The molecule has 18 heavy (non-hydrogen) atoms. The maximum absolute atomic E-state index is 13.2. The van der Waals surface area contributed by atoms with Gasteiger partial charge in [0.25, 0.3) is 5.91 Å². The van der Waals surface area contributed by atoms with E-state index in [9.17, 15) is 14.3 Å². The zero-order valence-electron chi connectivity index (χ0n) is 9.70. The van der Waals surface area contributed by atoms with Crippen molar-refractivity contribution in [3.63, 3.8) is 0 Å². The van der Waals surface area contributed by atoms with Gasteiger partial charge in [0.15, 0.2) is 0 Å². The smallest absolute Gasteiger partial charge is 0.255 e. The Labute approximate surface area is 113 Å². The second-order valence-electron chi connectivity index (χ2n) is 4.38. The molecule has 0 aromatic heterocycles. The van der Waals surface area contributed by atoms with E-state index in [4.69, 9.17) is 5.73 Å². The van der Waals surface area contributed by atoms with E-state index in [0.717, 1.165) is 0 Å². The average molecular weight is 317 g/mol. The number of anilines is 1. The van der Waals surface area contributed by atoms with Crippen molar-refractivity contribution in [3.05, 3.63) is 28.0 Å². The molecule has 0 unspecified atom stereocenters. The highest BCUT2D eigenvalue weighted by Crippen LogP contribution is 2.25. The Morgan fingerprint density at radius 2 is 2.06 bits per heavy atom. The lowest BCUT2D eigenvalue weighted by Gasteiger charge is -2.30. The van der Waals surface area contributed by atoms with Crippen LogP contribution in [0.15, 0.2) is 16.6 Å². The van der Waals surface area contributed by atoms with E-state index in [1.54, 1.807) is 4.90 Å². The van der Waals surface area contributed by atoms with Gasteiger partial charge in [0.05, 0.1) is 17.4 Å². The highest BCUT2D eigenvalue weighted by molar-refractivity contribution is 9.10. The molecule has 0 radical (unpaired) electrons. The minimum Gasteiger partial charge on any atom is -0.396 e. The number of hydrogen-bond acceptors (Lipinski definition) is 3. The standard InChI is InChI=1S/C12H14BrFN2O2/c13-9-6-10(14)11(15)5-8(9)12(18)16-3-1-7(17)2-4-16/h5-7,17H,1-4,15H2. The number of aliphatic hydroxyl groups is 1. The van der Waals surface area contributed by atoms with Gasteiger partial charge in [-0.05, 0) is 40.9 Å². The van der Waals surface area contributed by atoms with E-state index in [1.165, 1.54) is 12.1 Å². The largest absolute Gasteiger partial charge is 0.396 e. The summed E-state index contributed by atoms with van der Waals surface area (Å²) in [6, 6.07) is 2.54. The minimum absolute atomic E-state index is 0.0430. The zero-order valence-corrected chi connectivity index (χ0v) is 11.3. The summed E-state index contributed by atoms with van der Waals surface area (Å²) in [5.41, 5.74) is 5.78. The van der Waals surface area contributed by atoms with Gasteiger partial charge in [0.1, 0.15) is 5.82 Å². The van der Waals surface area contributed by atoms with Gasteiger partial charge < -0.3 is 15.7 Å². The number of nitrogen functional groups attached to an aromatic ring is 1. The van der Waals surface area contributed by atoms with Crippen LogP contribution in [0.3, 0.4) is 0 Å². The maximum Gasteiger partial charge on any atom is 0.255 e. The molecule has 1 aliphatic heterocycles. The van der Waals surface area contributed by atoms with Crippen molar-refractivity contribution in [1.82, 2.24) is 4.90 Å². The Kier molecular flexibility index (Phi) is 3.87. The van der Waals surface area contributed by atoms with Crippen molar-refractivity contribution in [2.75, 3.05) is 18.8 Å². The third-order valence-electron chi connectivity index (χ3n) is 3.07. The topological polar surface area (TPSA) is 66.6 Å². The van der Waals surface area contributed by atoms with Crippen LogP contribution in [-0.4, -0.2) is 35.1 Å². The summed E-state index contributed by atoms with van der Waals surface area (Å²) in [7, 11) is 0. The summed E-state index contributed by atoms with van der Waals surface area (Å²) >= 11 is 3.17. The molecule has 6 heteroatoms. The lowest BCUT2D eigenvalue weighted by molar-refractivity contribution is 0.0546. The molecule has 98 valence electrons. The molecule has 4 nitrogen and oxygen atoms in total. The molecule has 2 rings (SSSR count). The number of likely N-dealkylation sites (tertiary alicyclic amines) is 1. The molecule has 1 aromatic rings. The Morgan fingerprint density at radius 3 is 2.67 bits per heavy atom. The molecule has 1 aromatic carbocycles. The van der Waals surface area contributed by atoms with Crippen molar-refractivity contribution in [2.24, 2.45) is 0 Å². The molecule has 1 amide bonds. The van der Waals surface area contributed by atoms with Crippen LogP contribution in [0.2, 0.25) is 0 Å². The molecule has 1 heterocycles. The van der Waals surface area contributed by atoms with Gasteiger partial charge in [-0.3, -0.25) is 4.79 Å². The van der Waals surface area contributed by atoms with Crippen LogP contribution in [0, 0.1) is 5.82 Å². The number of carbonyl (C=O) groups is 1. The van der Waals surface area contributed by atoms with Crippen LogP contribution in [0.5, 0.6) is 0 Å². The average Bonchev–Trinajstić information content (AvgIpc) is 2.34. The molecular weight excluding hydrogens is 303 g/mol. The molecule has 0 atom stereocenters. The van der Waals surface area contributed by atoms with Crippen LogP contribution >= 0.6 is 15.9 Å². The normalized spacial score (nSPS) is 16.9. The minimum atomic E-state index is -0.549. The molecule has 0 bridgehead atoms. The number of nitrogens with zero attached hydrogens (tertiary/aromatic N) is 1. The SMILES string of the molecule is Nc1cc(C(=O)N2CCC(O)CC2)c(Br)cc1F. The van der Waals surface area contributed by atoms with Crippen LogP contribution in [-0.2, 0) is 0 Å². The summed E-state index contributed by atoms with van der Waals surface area (Å²) < 4.78 is 13.6. The Balaban J connectivity index is 2.21. The number of rotatable bonds is 1. The number of halogens is 2. The fourth-order valence-corrected chi connectivity index (χ4v) is 2.45. The third kappa shape index (κ3) is 2.64. The summed E-state index contributed by atoms with van der Waals surface area (Å²) in [6.45, 7) is 1.01. The Morgan fingerprint density at radius 1 is 1.44 bits per heavy atom. The predicted octanol–water partition coefficient (Wildman–Crippen LogP) is 1.77. The molecule has 1 aliphatic rings. The van der Waals surface area contributed by atoms with Gasteiger partial charge in [0.2, 0.25) is 0 Å². The number of benzene rings is 1. The highest BCUT2D eigenvalue weighted by Gasteiger charge is 2.24. The summed E-state index contributed by atoms with van der Waals surface area (Å²) in [5.74, 6) is -0.743. The van der Waals surface area contributed by atoms with E-state index in [2.05, 4.69) is 15.9 Å². The quantitative estimate of drug-likeness (QED) is 0.776. The van der Waals surface area contributed by atoms with E-state index < -0.39 is 5.82 Å². The lowest BCUT2D eigenvalue weighted by atomic mass is 10.1. The number of carbonyl (C=O) groups excluding carboxylic acids is 1. The van der Waals surface area contributed by atoms with Gasteiger partial charge in [-0.1, -0.05) is 0 Å². The second kappa shape index (κ2) is 5.24. The van der Waals surface area contributed by atoms with Crippen molar-refractivity contribution in [3.8, 4) is 0 Å². The first kappa shape index (κ1) is 13.3. The van der Waals surface area contributed by atoms with Crippen molar-refractivity contribution < 1.29 is 14.3 Å². The first-order chi connectivity index (χ1) is 8.49. The molecular formula is C12H14BrFN2O2. The molecule has 0 saturated carbocycles. The number of nitrogens with two attached hydrogens (primary N) is 1. The van der Waals surface area contributed by atoms with Crippen molar-refractivity contribution >= 4 is 27.5 Å². The van der Waals surface area contributed by atoms with E-state index >= 15 is 0 Å². The molecule has 3 N–H and O–H groups in total. The number of piperidine rings is 1. The van der Waals surface area contributed by atoms with Gasteiger partial charge in [-0.25, -0.2) is 4.39 Å². The number of aliphatic hydroxyl groups excluding tert-OH is 1.